The Morgan fingerprint density at radius 3 is 2.36 bits per heavy atom. The molecular weight excluding hydrogens is 407 g/mol. The fourth-order valence-corrected chi connectivity index (χ4v) is 3.22. The van der Waals surface area contributed by atoms with Gasteiger partial charge in [0.05, 0.1) is 10.5 Å². The van der Waals surface area contributed by atoms with Gasteiger partial charge in [0.15, 0.2) is 11.6 Å². The molecule has 0 aliphatic rings. The first-order valence-corrected chi connectivity index (χ1v) is 9.35. The molecule has 0 atom stereocenters. The molecule has 0 spiro atoms. The van der Waals surface area contributed by atoms with E-state index in [-0.39, 0.29) is 25.1 Å². The average Bonchev–Trinajstić information content (AvgIpc) is 2.61. The van der Waals surface area contributed by atoms with Crippen molar-refractivity contribution in [2.75, 3.05) is 6.54 Å². The van der Waals surface area contributed by atoms with Crippen LogP contribution >= 0.6 is 0 Å². The lowest BCUT2D eigenvalue weighted by Crippen LogP contribution is -2.30. The van der Waals surface area contributed by atoms with E-state index in [0.717, 1.165) is 18.2 Å². The summed E-state index contributed by atoms with van der Waals surface area (Å²) in [5.74, 6) is -3.14. The van der Waals surface area contributed by atoms with E-state index in [4.69, 9.17) is 0 Å². The number of benzene rings is 2. The predicted octanol–water partition coefficient (Wildman–Crippen LogP) is 2.97. The Bertz CT molecular complexity index is 962. The average molecular weight is 422 g/mol. The number of carbonyl (C=O) groups excluding carboxylic acids is 1. The fourth-order valence-electron chi connectivity index (χ4n) is 2.17. The number of hydrogen-bond acceptors (Lipinski definition) is 3. The Kier molecular flexibility index (Phi) is 6.73. The third kappa shape index (κ3) is 5.99. The summed E-state index contributed by atoms with van der Waals surface area (Å²) in [6.07, 6.45) is -4.81. The first-order valence-electron chi connectivity index (χ1n) is 7.86. The van der Waals surface area contributed by atoms with Crippen molar-refractivity contribution in [1.29, 1.82) is 0 Å². The Morgan fingerprint density at radius 2 is 1.71 bits per heavy atom. The van der Waals surface area contributed by atoms with E-state index >= 15 is 0 Å². The minimum atomic E-state index is -4.50. The van der Waals surface area contributed by atoms with E-state index < -0.39 is 44.2 Å². The molecule has 5 nitrogen and oxygen atoms in total. The summed E-state index contributed by atoms with van der Waals surface area (Å²) in [6.45, 7) is -0.506. The third-order valence-electron chi connectivity index (χ3n) is 3.59. The molecule has 0 saturated carbocycles. The number of nitrogens with one attached hydrogen (secondary N) is 2. The van der Waals surface area contributed by atoms with Crippen LogP contribution in [0.25, 0.3) is 0 Å². The molecule has 1 amide bonds. The van der Waals surface area contributed by atoms with Gasteiger partial charge in [-0.2, -0.15) is 13.2 Å². The summed E-state index contributed by atoms with van der Waals surface area (Å²) in [7, 11) is -4.15. The maximum atomic E-state index is 13.1. The maximum Gasteiger partial charge on any atom is 0.416 e. The van der Waals surface area contributed by atoms with Crippen molar-refractivity contribution < 1.29 is 35.2 Å². The Labute approximate surface area is 157 Å². The van der Waals surface area contributed by atoms with Gasteiger partial charge < -0.3 is 5.32 Å². The van der Waals surface area contributed by atoms with Crippen LogP contribution in [-0.2, 0) is 27.5 Å². The van der Waals surface area contributed by atoms with Crippen LogP contribution in [0.1, 0.15) is 17.5 Å². The Balaban J connectivity index is 1.85. The first-order chi connectivity index (χ1) is 13.0. The van der Waals surface area contributed by atoms with Gasteiger partial charge in [-0.05, 0) is 35.9 Å². The highest BCUT2D eigenvalue weighted by atomic mass is 32.2. The van der Waals surface area contributed by atoms with Gasteiger partial charge in [-0.3, -0.25) is 4.79 Å². The van der Waals surface area contributed by atoms with Gasteiger partial charge >= 0.3 is 6.18 Å². The van der Waals surface area contributed by atoms with Gasteiger partial charge in [0.25, 0.3) is 0 Å². The molecule has 11 heteroatoms. The van der Waals surface area contributed by atoms with Crippen molar-refractivity contribution in [3.8, 4) is 0 Å². The quantitative estimate of drug-likeness (QED) is 0.674. The molecule has 2 aromatic rings. The van der Waals surface area contributed by atoms with Crippen LogP contribution in [0.2, 0.25) is 0 Å². The summed E-state index contributed by atoms with van der Waals surface area (Å²) in [5, 5.41) is 2.37. The molecule has 0 aromatic heterocycles. The van der Waals surface area contributed by atoms with Gasteiger partial charge in [0.1, 0.15) is 0 Å². The lowest BCUT2D eigenvalue weighted by molar-refractivity contribution is -0.137. The van der Waals surface area contributed by atoms with E-state index in [0.29, 0.717) is 12.1 Å². The maximum absolute atomic E-state index is 13.1. The Morgan fingerprint density at radius 1 is 1.00 bits per heavy atom. The van der Waals surface area contributed by atoms with Gasteiger partial charge in [-0.1, -0.05) is 12.1 Å². The lowest BCUT2D eigenvalue weighted by atomic mass is 10.1. The molecule has 0 aliphatic carbocycles. The zero-order valence-electron chi connectivity index (χ0n) is 14.2. The standard InChI is InChI=1S/C17H15F5N2O3S/c18-14-5-4-13(9-15(14)19)28(26,27)24-7-6-16(25)23-10-11-2-1-3-12(8-11)17(20,21)22/h1-5,8-9,24H,6-7,10H2,(H,23,25). The molecule has 0 fully saturated rings. The van der Waals surface area contributed by atoms with Crippen LogP contribution in [0.4, 0.5) is 22.0 Å². The topological polar surface area (TPSA) is 75.3 Å². The summed E-state index contributed by atoms with van der Waals surface area (Å²) < 4.78 is 89.8. The highest BCUT2D eigenvalue weighted by Crippen LogP contribution is 2.29. The van der Waals surface area contributed by atoms with Crippen molar-refractivity contribution in [3.63, 3.8) is 0 Å². The second-order valence-corrected chi connectivity index (χ2v) is 7.47. The number of hydrogen-bond donors (Lipinski definition) is 2. The van der Waals surface area contributed by atoms with Crippen LogP contribution in [0.15, 0.2) is 47.4 Å². The van der Waals surface area contributed by atoms with Crippen molar-refractivity contribution >= 4 is 15.9 Å². The predicted molar refractivity (Wildman–Crippen MR) is 89.5 cm³/mol. The molecule has 0 bridgehead atoms. The second-order valence-electron chi connectivity index (χ2n) is 5.70. The zero-order chi connectivity index (χ0) is 20.9. The highest BCUT2D eigenvalue weighted by Gasteiger charge is 2.30. The first kappa shape index (κ1) is 21.8. The van der Waals surface area contributed by atoms with Crippen LogP contribution in [0.3, 0.4) is 0 Å². The molecule has 2 rings (SSSR count). The molecule has 0 saturated heterocycles. The molecule has 0 aliphatic heterocycles. The second kappa shape index (κ2) is 8.65. The highest BCUT2D eigenvalue weighted by molar-refractivity contribution is 7.89. The Hall–Kier alpha value is -2.53. The summed E-state index contributed by atoms with van der Waals surface area (Å²) >= 11 is 0. The molecular formula is C17H15F5N2O3S. The van der Waals surface area contributed by atoms with Crippen molar-refractivity contribution in [1.82, 2.24) is 10.0 Å². The number of carbonyl (C=O) groups is 1. The number of amides is 1. The fraction of sp³-hybridized carbons (Fsp3) is 0.235. The third-order valence-corrected chi connectivity index (χ3v) is 5.05. The van der Waals surface area contributed by atoms with Gasteiger partial charge in [-0.25, -0.2) is 21.9 Å². The molecule has 0 heterocycles. The summed E-state index contributed by atoms with van der Waals surface area (Å²) in [4.78, 5) is 11.2. The number of alkyl halides is 3. The molecule has 0 unspecified atom stereocenters. The number of rotatable bonds is 7. The van der Waals surface area contributed by atoms with Crippen LogP contribution in [-0.4, -0.2) is 20.9 Å². The molecule has 152 valence electrons. The lowest BCUT2D eigenvalue weighted by Gasteiger charge is -2.10. The largest absolute Gasteiger partial charge is 0.416 e. The summed E-state index contributed by atoms with van der Waals surface area (Å²) in [6, 6.07) is 6.44. The van der Waals surface area contributed by atoms with Crippen LogP contribution in [0.5, 0.6) is 0 Å². The minimum Gasteiger partial charge on any atom is -0.352 e. The van der Waals surface area contributed by atoms with E-state index in [1.54, 1.807) is 0 Å². The van der Waals surface area contributed by atoms with Crippen molar-refractivity contribution in [2.45, 2.75) is 24.0 Å². The van der Waals surface area contributed by atoms with Gasteiger partial charge in [-0.15, -0.1) is 0 Å². The smallest absolute Gasteiger partial charge is 0.352 e. The SMILES string of the molecule is O=C(CCNS(=O)(=O)c1ccc(F)c(F)c1)NCc1cccc(C(F)(F)F)c1. The molecule has 2 N–H and O–H groups in total. The molecule has 0 radical (unpaired) electrons. The minimum absolute atomic E-state index is 0.168. The van der Waals surface area contributed by atoms with Crippen molar-refractivity contribution in [3.05, 3.63) is 65.2 Å². The molecule has 2 aromatic carbocycles. The van der Waals surface area contributed by atoms with Gasteiger partial charge in [0.2, 0.25) is 15.9 Å². The van der Waals surface area contributed by atoms with Crippen LogP contribution in [0, 0.1) is 11.6 Å². The number of halogens is 5. The summed E-state index contributed by atoms with van der Waals surface area (Å²) in [5.41, 5.74) is -0.621. The van der Waals surface area contributed by atoms with E-state index in [9.17, 15) is 35.2 Å². The van der Waals surface area contributed by atoms with E-state index in [1.165, 1.54) is 12.1 Å². The van der Waals surface area contributed by atoms with Crippen molar-refractivity contribution in [2.24, 2.45) is 0 Å². The van der Waals surface area contributed by atoms with Gasteiger partial charge in [0, 0.05) is 19.5 Å². The van der Waals surface area contributed by atoms with E-state index in [1.807, 2.05) is 0 Å². The monoisotopic (exact) mass is 422 g/mol. The molecule has 28 heavy (non-hydrogen) atoms. The normalized spacial score (nSPS) is 12.0. The van der Waals surface area contributed by atoms with Crippen LogP contribution < -0.4 is 10.0 Å². The zero-order valence-corrected chi connectivity index (χ0v) is 15.0. The number of sulfonamides is 1. The van der Waals surface area contributed by atoms with E-state index in [2.05, 4.69) is 10.0 Å².